The van der Waals surface area contributed by atoms with Gasteiger partial charge in [0.15, 0.2) is 5.82 Å². The summed E-state index contributed by atoms with van der Waals surface area (Å²) in [4.78, 5) is 27.0. The van der Waals surface area contributed by atoms with Crippen LogP contribution in [0.3, 0.4) is 0 Å². The molecule has 0 saturated carbocycles. The predicted octanol–water partition coefficient (Wildman–Crippen LogP) is 4.92. The maximum Gasteiger partial charge on any atom is 0.301 e. The van der Waals surface area contributed by atoms with Crippen molar-refractivity contribution in [2.45, 2.75) is 13.0 Å². The lowest BCUT2D eigenvalue weighted by atomic mass is 9.95. The minimum Gasteiger partial charge on any atom is -0.507 e. The largest absolute Gasteiger partial charge is 0.507 e. The molecule has 1 aliphatic rings. The van der Waals surface area contributed by atoms with Crippen LogP contribution in [-0.2, 0) is 9.59 Å². The summed E-state index contributed by atoms with van der Waals surface area (Å²) in [6.07, 6.45) is 0. The van der Waals surface area contributed by atoms with Crippen LogP contribution < -0.4 is 4.90 Å². The van der Waals surface area contributed by atoms with Gasteiger partial charge in [0, 0.05) is 21.7 Å². The molecular formula is C21H14Cl2N2O4. The standard InChI is InChI=1S/C21H14Cl2N2O4/c1-11-10-16(24-29-11)25-18(12-2-6-14(22)7-3-12)17(20(27)21(25)28)19(26)13-4-8-15(23)9-5-13/h2-10,18,26H,1H3/b19-17+/t18-/m1/s1. The normalized spacial score (nSPS) is 18.4. The molecule has 0 bridgehead atoms. The second kappa shape index (κ2) is 7.39. The molecule has 2 aromatic carbocycles. The highest BCUT2D eigenvalue weighted by Crippen LogP contribution is 2.42. The van der Waals surface area contributed by atoms with Crippen molar-refractivity contribution < 1.29 is 19.2 Å². The molecule has 0 radical (unpaired) electrons. The Morgan fingerprint density at radius 3 is 2.17 bits per heavy atom. The first-order valence-electron chi connectivity index (χ1n) is 8.62. The Kier molecular flexibility index (Phi) is 4.90. The van der Waals surface area contributed by atoms with Gasteiger partial charge in [-0.3, -0.25) is 14.5 Å². The molecule has 146 valence electrons. The molecule has 8 heteroatoms. The number of nitrogens with zero attached hydrogens (tertiary/aromatic N) is 2. The Bertz CT molecular complexity index is 1130. The van der Waals surface area contributed by atoms with Crippen molar-refractivity contribution in [2.24, 2.45) is 0 Å². The Morgan fingerprint density at radius 2 is 1.62 bits per heavy atom. The average molecular weight is 429 g/mol. The molecule has 1 fully saturated rings. The molecular weight excluding hydrogens is 415 g/mol. The molecule has 1 aliphatic heterocycles. The van der Waals surface area contributed by atoms with Gasteiger partial charge in [-0.25, -0.2) is 0 Å². The first kappa shape index (κ1) is 19.2. The van der Waals surface area contributed by atoms with Crippen LogP contribution in [0.2, 0.25) is 10.0 Å². The predicted molar refractivity (Wildman–Crippen MR) is 109 cm³/mol. The van der Waals surface area contributed by atoms with Gasteiger partial charge < -0.3 is 9.63 Å². The number of carbonyl (C=O) groups excluding carboxylic acids is 2. The number of hydrogen-bond acceptors (Lipinski definition) is 5. The molecule has 0 spiro atoms. The number of carbonyl (C=O) groups is 2. The summed E-state index contributed by atoms with van der Waals surface area (Å²) in [5.41, 5.74) is 0.896. The van der Waals surface area contributed by atoms with Gasteiger partial charge in [-0.2, -0.15) is 0 Å². The summed E-state index contributed by atoms with van der Waals surface area (Å²) in [6.45, 7) is 1.68. The van der Waals surface area contributed by atoms with Crippen LogP contribution in [0.1, 0.15) is 22.9 Å². The number of amides is 1. The molecule has 29 heavy (non-hydrogen) atoms. The number of anilines is 1. The first-order chi connectivity index (χ1) is 13.9. The minimum absolute atomic E-state index is 0.0553. The lowest BCUT2D eigenvalue weighted by Crippen LogP contribution is -2.29. The summed E-state index contributed by atoms with van der Waals surface area (Å²) in [7, 11) is 0. The van der Waals surface area contributed by atoms with Gasteiger partial charge in [-0.1, -0.05) is 40.5 Å². The van der Waals surface area contributed by atoms with E-state index in [-0.39, 0.29) is 17.2 Å². The van der Waals surface area contributed by atoms with Crippen molar-refractivity contribution in [1.82, 2.24) is 5.16 Å². The molecule has 1 atom stereocenters. The molecule has 3 aromatic rings. The number of aryl methyl sites for hydroxylation is 1. The Balaban J connectivity index is 1.93. The van der Waals surface area contributed by atoms with Gasteiger partial charge in [-0.15, -0.1) is 0 Å². The summed E-state index contributed by atoms with van der Waals surface area (Å²) in [5.74, 6) is -1.27. The van der Waals surface area contributed by atoms with Crippen molar-refractivity contribution in [3.05, 3.63) is 87.1 Å². The van der Waals surface area contributed by atoms with E-state index in [4.69, 9.17) is 27.7 Å². The van der Waals surface area contributed by atoms with Gasteiger partial charge in [-0.05, 0) is 48.9 Å². The fourth-order valence-electron chi connectivity index (χ4n) is 3.26. The highest BCUT2D eigenvalue weighted by atomic mass is 35.5. The third-order valence-corrected chi connectivity index (χ3v) is 5.11. The molecule has 1 N–H and O–H groups in total. The van der Waals surface area contributed by atoms with Crippen molar-refractivity contribution in [3.8, 4) is 0 Å². The smallest absolute Gasteiger partial charge is 0.301 e. The third-order valence-electron chi connectivity index (χ3n) is 4.61. The second-order valence-corrected chi connectivity index (χ2v) is 7.40. The van der Waals surface area contributed by atoms with Crippen LogP contribution in [-0.4, -0.2) is 22.0 Å². The van der Waals surface area contributed by atoms with E-state index in [1.54, 1.807) is 61.5 Å². The zero-order valence-corrected chi connectivity index (χ0v) is 16.6. The van der Waals surface area contributed by atoms with Gasteiger partial charge in [0.2, 0.25) is 0 Å². The highest BCUT2D eigenvalue weighted by molar-refractivity contribution is 6.51. The van der Waals surface area contributed by atoms with Crippen molar-refractivity contribution >= 4 is 46.5 Å². The van der Waals surface area contributed by atoms with E-state index in [9.17, 15) is 14.7 Å². The van der Waals surface area contributed by atoms with Gasteiger partial charge in [0.05, 0.1) is 11.6 Å². The number of Topliss-reactive ketones (excluding diaryl/α,β-unsaturated/α-hetero) is 1. The maximum absolute atomic E-state index is 12.9. The topological polar surface area (TPSA) is 83.6 Å². The number of hydrogen-bond donors (Lipinski definition) is 1. The van der Waals surface area contributed by atoms with Crippen molar-refractivity contribution in [2.75, 3.05) is 4.90 Å². The fraction of sp³-hybridized carbons (Fsp3) is 0.0952. The highest BCUT2D eigenvalue weighted by Gasteiger charge is 2.48. The van der Waals surface area contributed by atoms with Crippen molar-refractivity contribution in [3.63, 3.8) is 0 Å². The van der Waals surface area contributed by atoms with Gasteiger partial charge >= 0.3 is 5.91 Å². The van der Waals surface area contributed by atoms with Crippen LogP contribution in [0.4, 0.5) is 5.82 Å². The lowest BCUT2D eigenvalue weighted by Gasteiger charge is -2.22. The molecule has 2 heterocycles. The molecule has 1 aromatic heterocycles. The maximum atomic E-state index is 12.9. The number of ketones is 1. The van der Waals surface area contributed by atoms with E-state index in [0.717, 1.165) is 0 Å². The molecule has 0 aliphatic carbocycles. The van der Waals surface area contributed by atoms with E-state index >= 15 is 0 Å². The molecule has 1 saturated heterocycles. The van der Waals surface area contributed by atoms with E-state index < -0.39 is 17.7 Å². The van der Waals surface area contributed by atoms with Crippen LogP contribution >= 0.6 is 23.2 Å². The number of benzene rings is 2. The number of aliphatic hydroxyl groups is 1. The average Bonchev–Trinajstić information content (AvgIpc) is 3.24. The summed E-state index contributed by atoms with van der Waals surface area (Å²) >= 11 is 11.9. The zero-order valence-electron chi connectivity index (χ0n) is 15.1. The van der Waals surface area contributed by atoms with Crippen LogP contribution in [0.5, 0.6) is 0 Å². The second-order valence-electron chi connectivity index (χ2n) is 6.52. The van der Waals surface area contributed by atoms with Crippen LogP contribution in [0.25, 0.3) is 5.76 Å². The van der Waals surface area contributed by atoms with Crippen molar-refractivity contribution in [1.29, 1.82) is 0 Å². The van der Waals surface area contributed by atoms with Crippen LogP contribution in [0, 0.1) is 6.92 Å². The Hall–Kier alpha value is -3.09. The number of halogens is 2. The monoisotopic (exact) mass is 428 g/mol. The third kappa shape index (κ3) is 3.41. The first-order valence-corrected chi connectivity index (χ1v) is 9.38. The zero-order chi connectivity index (χ0) is 20.7. The quantitative estimate of drug-likeness (QED) is 0.363. The minimum atomic E-state index is -0.896. The molecule has 1 amide bonds. The van der Waals surface area contributed by atoms with E-state index in [1.165, 1.54) is 4.90 Å². The molecule has 6 nitrogen and oxygen atoms in total. The number of rotatable bonds is 3. The Morgan fingerprint density at radius 1 is 1.03 bits per heavy atom. The summed E-state index contributed by atoms with van der Waals surface area (Å²) in [6, 6.07) is 13.6. The van der Waals surface area contributed by atoms with Gasteiger partial charge in [0.25, 0.3) is 5.78 Å². The summed E-state index contributed by atoms with van der Waals surface area (Å²) < 4.78 is 5.09. The number of aromatic nitrogens is 1. The SMILES string of the molecule is Cc1cc(N2C(=O)C(=O)/C(=C(/O)c3ccc(Cl)cc3)[C@H]2c2ccc(Cl)cc2)no1. The Labute approximate surface area is 175 Å². The van der Waals surface area contributed by atoms with Crippen LogP contribution in [0.15, 0.2) is 64.7 Å². The van der Waals surface area contributed by atoms with E-state index in [2.05, 4.69) is 5.16 Å². The van der Waals surface area contributed by atoms with E-state index in [1.807, 2.05) is 0 Å². The lowest BCUT2D eigenvalue weighted by molar-refractivity contribution is -0.132. The fourth-order valence-corrected chi connectivity index (χ4v) is 3.51. The van der Waals surface area contributed by atoms with E-state index in [0.29, 0.717) is 26.9 Å². The molecule has 4 rings (SSSR count). The summed E-state index contributed by atoms with van der Waals surface area (Å²) in [5, 5.41) is 15.8. The number of aliphatic hydroxyl groups excluding tert-OH is 1. The van der Waals surface area contributed by atoms with Gasteiger partial charge in [0.1, 0.15) is 11.5 Å². The molecule has 0 unspecified atom stereocenters.